The molecule has 0 bridgehead atoms. The number of alkyl halides is 1. The van der Waals surface area contributed by atoms with Crippen LogP contribution in [0.15, 0.2) is 95.2 Å². The zero-order chi connectivity index (χ0) is 88.9. The number of ether oxygens (including phenoxy) is 15. The molecule has 0 radical (unpaired) electrons. The van der Waals surface area contributed by atoms with Crippen LogP contribution >= 0.6 is 11.6 Å². The predicted octanol–water partition coefficient (Wildman–Crippen LogP) is 14.1. The summed E-state index contributed by atoms with van der Waals surface area (Å²) >= 11 is 5.42. The number of alkyl carbamates (subject to hydrolysis) is 2. The van der Waals surface area contributed by atoms with Crippen LogP contribution in [0.5, 0.6) is 0 Å². The highest BCUT2D eigenvalue weighted by atomic mass is 35.5. The first-order valence-electron chi connectivity index (χ1n) is 44.8. The van der Waals surface area contributed by atoms with E-state index in [2.05, 4.69) is 123 Å². The largest absolute Gasteiger partial charge is 0.478 e. The number of esters is 1. The maximum atomic E-state index is 12.4. The molecular weight excluding hydrogens is 1590 g/mol. The molecule has 7 aliphatic carbocycles. The molecule has 28 heteroatoms. The smallest absolute Gasteiger partial charge is 0.414 e. The van der Waals surface area contributed by atoms with Crippen molar-refractivity contribution in [2.75, 3.05) is 80.4 Å². The average Bonchev–Trinajstić information content (AvgIpc) is 1.55. The van der Waals surface area contributed by atoms with Crippen molar-refractivity contribution in [2.45, 2.75) is 355 Å². The Bertz CT molecular complexity index is 3650. The molecule has 0 aromatic heterocycles. The van der Waals surface area contributed by atoms with E-state index in [0.717, 1.165) is 70.5 Å². The van der Waals surface area contributed by atoms with Gasteiger partial charge in [-0.1, -0.05) is 160 Å². The number of nitrogens with two attached hydrogens (primary N) is 1. The molecule has 15 fully saturated rings. The Morgan fingerprint density at radius 1 is 0.426 bits per heavy atom. The third-order valence-electron chi connectivity index (χ3n) is 27.0. The summed E-state index contributed by atoms with van der Waals surface area (Å²) in [5.74, 6) is -2.79. The number of carboxylic acids is 1. The van der Waals surface area contributed by atoms with Gasteiger partial charge in [0.05, 0.1) is 98.9 Å². The molecule has 0 aromatic carbocycles. The minimum absolute atomic E-state index is 0.00219. The average molecular weight is 1740 g/mol. The normalized spacial score (nSPS) is 38.0. The van der Waals surface area contributed by atoms with E-state index in [0.29, 0.717) is 52.2 Å². The van der Waals surface area contributed by atoms with Crippen LogP contribution in [-0.4, -0.2) is 245 Å². The van der Waals surface area contributed by atoms with Gasteiger partial charge in [-0.25, -0.2) is 19.2 Å². The number of halogens is 1. The molecule has 24 atom stereocenters. The zero-order valence-electron chi connectivity index (χ0n) is 75.7. The van der Waals surface area contributed by atoms with Crippen molar-refractivity contribution < 1.29 is 110 Å². The van der Waals surface area contributed by atoms with E-state index in [1.807, 2.05) is 0 Å². The molecule has 0 unspecified atom stereocenters. The molecule has 8 saturated heterocycles. The summed E-state index contributed by atoms with van der Waals surface area (Å²) in [7, 11) is 6.56. The van der Waals surface area contributed by atoms with Gasteiger partial charge in [0.2, 0.25) is 11.8 Å². The summed E-state index contributed by atoms with van der Waals surface area (Å²) in [6, 6.07) is 0. The van der Waals surface area contributed by atoms with Crippen LogP contribution in [-0.2, 0) is 90.2 Å². The maximum absolute atomic E-state index is 12.4. The molecule has 4 spiro atoms. The number of hydrogen-bond acceptors (Lipinski definition) is 24. The van der Waals surface area contributed by atoms with E-state index < -0.39 is 65.5 Å². The van der Waals surface area contributed by atoms with E-state index in [9.17, 15) is 33.9 Å². The van der Waals surface area contributed by atoms with Gasteiger partial charge in [0, 0.05) is 53.7 Å². The second-order valence-corrected chi connectivity index (χ2v) is 37.5. The van der Waals surface area contributed by atoms with E-state index in [4.69, 9.17) is 93.5 Å². The van der Waals surface area contributed by atoms with E-state index >= 15 is 0 Å². The maximum Gasteiger partial charge on any atom is 0.414 e. The van der Waals surface area contributed by atoms with Gasteiger partial charge in [0.25, 0.3) is 0 Å². The number of epoxide rings is 8. The number of aliphatic hydroxyl groups is 1. The highest BCUT2D eigenvalue weighted by Crippen LogP contribution is 2.64. The fourth-order valence-corrected chi connectivity index (χ4v) is 18.7. The first-order chi connectivity index (χ1) is 58.1. The highest BCUT2D eigenvalue weighted by Gasteiger charge is 2.76. The topological polar surface area (TPSA) is 370 Å². The Labute approximate surface area is 730 Å². The van der Waals surface area contributed by atoms with Crippen LogP contribution in [0.4, 0.5) is 9.59 Å². The fraction of sp³-hybridized carbons (Fsp3) is 0.766. The molecule has 8 heterocycles. The highest BCUT2D eigenvalue weighted by molar-refractivity contribution is 6.28. The van der Waals surface area contributed by atoms with E-state index in [1.165, 1.54) is 111 Å². The number of carboxylic acid groups (broad SMARTS) is 1. The number of amides is 4. The molecule has 8 aliphatic heterocycles. The third kappa shape index (κ3) is 27.3. The van der Waals surface area contributed by atoms with Crippen molar-refractivity contribution in [3.8, 4) is 0 Å². The van der Waals surface area contributed by atoms with Crippen LogP contribution in [0.3, 0.4) is 0 Å². The lowest BCUT2D eigenvalue weighted by molar-refractivity contribution is -0.166. The lowest BCUT2D eigenvalue weighted by Crippen LogP contribution is -2.56. The standard InChI is InChI=1S/C26H34O7.C21H35N3O6.C19H28ClNO6.C16H26O4.3C4H8/c1-18(2)13-14-20-25(3,33-20)24-23(30-4)19(15-16-26(24)17-31-26)32-22(29)12-10-8-6-5-7-9-11-21(27)28;1-13(2)5-6-15-20(3,30-15)18-17(27-4)14(7-8-21(18)12-28-21)29-19(26)24-16(25)11-23-10-9-22;1-11(2)5-6-13-18(3,27-13)16-15(24-4)12(7-8-19(16)10-25-19)26-17(23)21-14(22)9-20;1-10(2)5-6-12-15(3,20-12)14-13(18-4)11(17)7-8-16(14)9-19-16;3*1-2-4-3-1/h5-13,19-20,23-24H,14-17H2,1-4H3,(H,27,28);5,14-15,17-18,23H,6-12,22H2,1-4H3,(H,24,25,26);5,12-13,15-16H,6-10H2,1-4H3,(H,21,22,23);5,11-14,17H,6-9H2,1-4H3;3*1-4H2/b7-5+,8-6+,11-9+,12-10+;;;;;;/t19-,20-,23-,24-,25-,26+;14-,15-,17-,18-,20-,21+;12-,13-,15-,16-,18-,19+;11-,12-,13-,14-,15-,16+;;;/m1111.../s1. The number of methoxy groups -OCH3 is 4. The number of hydrogen-bond donors (Lipinski definition) is 6. The van der Waals surface area contributed by atoms with Crippen LogP contribution < -0.4 is 21.7 Å². The first kappa shape index (κ1) is 100. The number of aliphatic hydroxyl groups excluding tert-OH is 1. The van der Waals surface area contributed by atoms with Crippen molar-refractivity contribution in [1.82, 2.24) is 16.0 Å². The van der Waals surface area contributed by atoms with Gasteiger partial charge < -0.3 is 92.3 Å². The molecule has 7 saturated carbocycles. The van der Waals surface area contributed by atoms with Gasteiger partial charge in [-0.15, -0.1) is 11.6 Å². The fourth-order valence-electron chi connectivity index (χ4n) is 18.6. The van der Waals surface area contributed by atoms with Crippen LogP contribution in [0.1, 0.15) is 237 Å². The second kappa shape index (κ2) is 45.4. The number of aliphatic carboxylic acids is 1. The molecule has 0 aromatic rings. The minimum atomic E-state index is -1.00. The van der Waals surface area contributed by atoms with Gasteiger partial charge in [0.1, 0.15) is 81.7 Å². The predicted molar refractivity (Wildman–Crippen MR) is 463 cm³/mol. The van der Waals surface area contributed by atoms with Crippen molar-refractivity contribution in [2.24, 2.45) is 29.4 Å². The van der Waals surface area contributed by atoms with E-state index in [1.54, 1.807) is 58.8 Å². The summed E-state index contributed by atoms with van der Waals surface area (Å²) < 4.78 is 87.9. The molecular formula is C94H147ClN4O23. The second-order valence-electron chi connectivity index (χ2n) is 37.2. The molecule has 688 valence electrons. The summed E-state index contributed by atoms with van der Waals surface area (Å²) in [5.41, 5.74) is 8.12. The molecule has 27 nitrogen and oxygen atoms in total. The summed E-state index contributed by atoms with van der Waals surface area (Å²) in [4.78, 5) is 70.2. The molecule has 4 amide bonds. The Kier molecular flexibility index (Phi) is 37.3. The number of nitrogens with one attached hydrogen (secondary N) is 3. The van der Waals surface area contributed by atoms with E-state index in [-0.39, 0.29) is 125 Å². The Morgan fingerprint density at radius 3 is 0.992 bits per heavy atom. The van der Waals surface area contributed by atoms with Crippen LogP contribution in [0.25, 0.3) is 0 Å². The van der Waals surface area contributed by atoms with Gasteiger partial charge in [-0.2, -0.15) is 0 Å². The van der Waals surface area contributed by atoms with Crippen molar-refractivity contribution in [3.05, 3.63) is 95.2 Å². The summed E-state index contributed by atoms with van der Waals surface area (Å²) in [6.07, 6.45) is 44.0. The lowest BCUT2D eigenvalue weighted by atomic mass is 9.68. The number of allylic oxidation sites excluding steroid dienone is 10. The lowest BCUT2D eigenvalue weighted by Gasteiger charge is -2.42. The van der Waals surface area contributed by atoms with Crippen molar-refractivity contribution >= 4 is 47.5 Å². The van der Waals surface area contributed by atoms with Crippen molar-refractivity contribution in [3.63, 3.8) is 0 Å². The SMILES string of the molecule is C1CCC1.C1CCC1.C1CCC1.CO[C@@H]1[C@H](O)CC[C@]2(CO2)[C@H]1[C@]1(C)O[C@@H]1CC=C(C)C.CO[C@@H]1[C@H](OC(=O)/C=C/C=C/C=C/C=C/C(=O)O)CC[C@]2(CO2)[C@H]1[C@]1(C)O[C@@H]1CC=C(C)C.CO[C@@H]1[C@H](OC(=O)NC(=O)CCl)CC[C@]2(CO2)[C@H]1[C@]1(C)O[C@@H]1CC=C(C)C.CO[C@@H]1[C@H](OC(=O)NC(=O)CNCCN)CC[C@]2(CO2)[C@H]1[C@]1(C)O[C@@H]1CC=C(C)C. The minimum Gasteiger partial charge on any atom is -0.478 e. The number of carbonyl (C=O) groups excluding carboxylic acids is 5. The van der Waals surface area contributed by atoms with Gasteiger partial charge in [-0.3, -0.25) is 20.2 Å². The number of carbonyl (C=O) groups is 6. The van der Waals surface area contributed by atoms with Crippen LogP contribution in [0.2, 0.25) is 0 Å². The number of imide groups is 2. The van der Waals surface area contributed by atoms with Crippen LogP contribution in [0, 0.1) is 23.7 Å². The Balaban J connectivity index is 0.000000177. The molecule has 7 N–H and O–H groups in total. The molecule has 15 aliphatic rings. The van der Waals surface area contributed by atoms with Gasteiger partial charge in [0.15, 0.2) is 0 Å². The molecule has 15 rings (SSSR count). The first-order valence-corrected chi connectivity index (χ1v) is 45.4. The third-order valence-corrected chi connectivity index (χ3v) is 27.2. The Morgan fingerprint density at radius 2 is 0.713 bits per heavy atom. The quantitative estimate of drug-likeness (QED) is 0.00592. The zero-order valence-corrected chi connectivity index (χ0v) is 76.5. The number of rotatable bonds is 29. The summed E-state index contributed by atoms with van der Waals surface area (Å²) in [6.45, 7) is 28.8. The van der Waals surface area contributed by atoms with Gasteiger partial charge in [-0.05, 0) is 160 Å². The Hall–Kier alpha value is -5.57. The monoisotopic (exact) mass is 1740 g/mol. The molecule has 122 heavy (non-hydrogen) atoms. The van der Waals surface area contributed by atoms with Crippen molar-refractivity contribution in [1.29, 1.82) is 0 Å². The summed E-state index contributed by atoms with van der Waals surface area (Å²) in [5, 5.41) is 26.0. The van der Waals surface area contributed by atoms with Gasteiger partial charge >= 0.3 is 24.1 Å².